The lowest BCUT2D eigenvalue weighted by molar-refractivity contribution is -0.118. The third-order valence-electron chi connectivity index (χ3n) is 3.77. The fraction of sp³-hybridized carbons (Fsp3) is 0.846. The lowest BCUT2D eigenvalue weighted by Gasteiger charge is -2.37. The number of hydrogen-bond donors (Lipinski definition) is 0. The highest BCUT2D eigenvalue weighted by molar-refractivity contribution is 5.79. The molecule has 0 saturated carbocycles. The summed E-state index contributed by atoms with van der Waals surface area (Å²) in [4.78, 5) is 27.5. The van der Waals surface area contributed by atoms with E-state index in [2.05, 4.69) is 0 Å². The Morgan fingerprint density at radius 3 is 2.35 bits per heavy atom. The standard InChI is InChI=1S/C13H22N2O2/c1-11(16)10-12-6-2-3-9-15(12)13(17)14-7-4-5-8-14/h12H,2-10H2,1H3. The van der Waals surface area contributed by atoms with Crippen LogP contribution in [0.2, 0.25) is 0 Å². The molecule has 2 fully saturated rings. The molecular weight excluding hydrogens is 216 g/mol. The summed E-state index contributed by atoms with van der Waals surface area (Å²) in [5.41, 5.74) is 0. The summed E-state index contributed by atoms with van der Waals surface area (Å²) in [5, 5.41) is 0. The Labute approximate surface area is 103 Å². The van der Waals surface area contributed by atoms with Gasteiger partial charge in [-0.25, -0.2) is 4.79 Å². The summed E-state index contributed by atoms with van der Waals surface area (Å²) in [7, 11) is 0. The van der Waals surface area contributed by atoms with Crippen molar-refractivity contribution in [2.45, 2.75) is 51.5 Å². The van der Waals surface area contributed by atoms with Gasteiger partial charge in [-0.3, -0.25) is 4.79 Å². The van der Waals surface area contributed by atoms with Gasteiger partial charge >= 0.3 is 6.03 Å². The Hall–Kier alpha value is -1.06. The molecule has 2 aliphatic heterocycles. The number of hydrogen-bond acceptors (Lipinski definition) is 2. The molecule has 0 N–H and O–H groups in total. The van der Waals surface area contributed by atoms with Crippen molar-refractivity contribution in [3.63, 3.8) is 0 Å². The van der Waals surface area contributed by atoms with Crippen LogP contribution in [-0.4, -0.2) is 47.3 Å². The van der Waals surface area contributed by atoms with E-state index in [1.807, 2.05) is 9.80 Å². The summed E-state index contributed by atoms with van der Waals surface area (Å²) >= 11 is 0. The zero-order chi connectivity index (χ0) is 12.3. The highest BCUT2D eigenvalue weighted by Gasteiger charge is 2.31. The van der Waals surface area contributed by atoms with Gasteiger partial charge in [0, 0.05) is 32.1 Å². The Kier molecular flexibility index (Phi) is 4.02. The van der Waals surface area contributed by atoms with Crippen LogP contribution in [0, 0.1) is 0 Å². The van der Waals surface area contributed by atoms with Crippen LogP contribution in [0.25, 0.3) is 0 Å². The minimum absolute atomic E-state index is 0.148. The van der Waals surface area contributed by atoms with Crippen LogP contribution >= 0.6 is 0 Å². The van der Waals surface area contributed by atoms with Gasteiger partial charge in [0.2, 0.25) is 0 Å². The van der Waals surface area contributed by atoms with Gasteiger partial charge in [0.1, 0.15) is 5.78 Å². The van der Waals surface area contributed by atoms with Crippen molar-refractivity contribution < 1.29 is 9.59 Å². The molecule has 4 nitrogen and oxygen atoms in total. The van der Waals surface area contributed by atoms with Gasteiger partial charge in [-0.2, -0.15) is 0 Å². The fourth-order valence-electron chi connectivity index (χ4n) is 2.89. The Bertz CT molecular complexity index is 298. The number of ketones is 1. The molecule has 0 spiro atoms. The zero-order valence-electron chi connectivity index (χ0n) is 10.7. The number of amides is 2. The number of piperidine rings is 1. The van der Waals surface area contributed by atoms with E-state index >= 15 is 0 Å². The van der Waals surface area contributed by atoms with E-state index in [4.69, 9.17) is 0 Å². The van der Waals surface area contributed by atoms with E-state index in [0.717, 1.165) is 51.7 Å². The van der Waals surface area contributed by atoms with E-state index < -0.39 is 0 Å². The van der Waals surface area contributed by atoms with Crippen molar-refractivity contribution in [2.24, 2.45) is 0 Å². The average Bonchev–Trinajstić information content (AvgIpc) is 2.81. The zero-order valence-corrected chi connectivity index (χ0v) is 10.7. The lowest BCUT2D eigenvalue weighted by atomic mass is 9.98. The predicted octanol–water partition coefficient (Wildman–Crippen LogP) is 2.04. The second kappa shape index (κ2) is 5.52. The van der Waals surface area contributed by atoms with Gasteiger partial charge in [0.15, 0.2) is 0 Å². The molecule has 2 heterocycles. The maximum atomic E-state index is 12.3. The van der Waals surface area contributed by atoms with Gasteiger partial charge in [-0.15, -0.1) is 0 Å². The highest BCUT2D eigenvalue weighted by Crippen LogP contribution is 2.22. The molecule has 1 atom stereocenters. The van der Waals surface area contributed by atoms with Gasteiger partial charge in [-0.1, -0.05) is 0 Å². The van der Waals surface area contributed by atoms with Crippen molar-refractivity contribution >= 4 is 11.8 Å². The number of likely N-dealkylation sites (tertiary alicyclic amines) is 2. The summed E-state index contributed by atoms with van der Waals surface area (Å²) in [6, 6.07) is 0.308. The molecule has 2 amide bonds. The minimum Gasteiger partial charge on any atom is -0.325 e. The normalized spacial score (nSPS) is 25.1. The van der Waals surface area contributed by atoms with Crippen LogP contribution in [0.15, 0.2) is 0 Å². The first kappa shape index (κ1) is 12.4. The van der Waals surface area contributed by atoms with Gasteiger partial charge < -0.3 is 9.80 Å². The Balaban J connectivity index is 1.99. The lowest BCUT2D eigenvalue weighted by Crippen LogP contribution is -2.50. The van der Waals surface area contributed by atoms with Crippen LogP contribution in [0.4, 0.5) is 4.79 Å². The van der Waals surface area contributed by atoms with Crippen LogP contribution < -0.4 is 0 Å². The van der Waals surface area contributed by atoms with Gasteiger partial charge in [-0.05, 0) is 39.0 Å². The van der Waals surface area contributed by atoms with Crippen LogP contribution in [0.1, 0.15) is 45.4 Å². The quantitative estimate of drug-likeness (QED) is 0.738. The number of rotatable bonds is 2. The summed E-state index contributed by atoms with van der Waals surface area (Å²) < 4.78 is 0. The second-order valence-electron chi connectivity index (χ2n) is 5.23. The molecule has 2 saturated heterocycles. The first-order chi connectivity index (χ1) is 8.18. The van der Waals surface area contributed by atoms with Crippen molar-refractivity contribution in [1.29, 1.82) is 0 Å². The van der Waals surface area contributed by atoms with E-state index in [1.54, 1.807) is 6.92 Å². The molecule has 4 heteroatoms. The molecule has 0 aliphatic carbocycles. The number of Topliss-reactive ketones (excluding diaryl/α,β-unsaturated/α-hetero) is 1. The highest BCUT2D eigenvalue weighted by atomic mass is 16.2. The monoisotopic (exact) mass is 238 g/mol. The SMILES string of the molecule is CC(=O)CC1CCCCN1C(=O)N1CCCC1. The maximum absolute atomic E-state index is 12.3. The molecule has 0 aromatic heterocycles. The van der Waals surface area contributed by atoms with E-state index in [1.165, 1.54) is 0 Å². The van der Waals surface area contributed by atoms with Gasteiger partial charge in [0.05, 0.1) is 0 Å². The molecule has 17 heavy (non-hydrogen) atoms. The topological polar surface area (TPSA) is 40.6 Å². The molecule has 2 aliphatic rings. The molecule has 0 radical (unpaired) electrons. The summed E-state index contributed by atoms with van der Waals surface area (Å²) in [6.45, 7) is 4.23. The van der Waals surface area contributed by atoms with Crippen LogP contribution in [0.5, 0.6) is 0 Å². The first-order valence-corrected chi connectivity index (χ1v) is 6.73. The molecular formula is C13H22N2O2. The largest absolute Gasteiger partial charge is 0.325 e. The van der Waals surface area contributed by atoms with Crippen LogP contribution in [-0.2, 0) is 4.79 Å². The van der Waals surface area contributed by atoms with Crippen molar-refractivity contribution in [3.05, 3.63) is 0 Å². The second-order valence-corrected chi connectivity index (χ2v) is 5.23. The molecule has 96 valence electrons. The predicted molar refractivity (Wildman–Crippen MR) is 65.8 cm³/mol. The molecule has 1 unspecified atom stereocenters. The minimum atomic E-state index is 0.148. The molecule has 0 aromatic rings. The number of carbonyl (C=O) groups excluding carboxylic acids is 2. The number of carbonyl (C=O) groups is 2. The third kappa shape index (κ3) is 2.99. The van der Waals surface area contributed by atoms with E-state index in [0.29, 0.717) is 6.42 Å². The molecule has 0 aromatic carbocycles. The third-order valence-corrected chi connectivity index (χ3v) is 3.77. The van der Waals surface area contributed by atoms with Crippen LogP contribution in [0.3, 0.4) is 0 Å². The van der Waals surface area contributed by atoms with Crippen molar-refractivity contribution in [3.8, 4) is 0 Å². The van der Waals surface area contributed by atoms with Gasteiger partial charge in [0.25, 0.3) is 0 Å². The molecule has 0 bridgehead atoms. The summed E-state index contributed by atoms with van der Waals surface area (Å²) in [6.07, 6.45) is 5.97. The van der Waals surface area contributed by atoms with Crippen molar-refractivity contribution in [1.82, 2.24) is 9.80 Å². The Morgan fingerprint density at radius 1 is 1.06 bits per heavy atom. The van der Waals surface area contributed by atoms with E-state index in [9.17, 15) is 9.59 Å². The first-order valence-electron chi connectivity index (χ1n) is 6.73. The number of urea groups is 1. The van der Waals surface area contributed by atoms with E-state index in [-0.39, 0.29) is 17.9 Å². The average molecular weight is 238 g/mol. The fourth-order valence-corrected chi connectivity index (χ4v) is 2.89. The molecule has 2 rings (SSSR count). The maximum Gasteiger partial charge on any atom is 0.320 e. The van der Waals surface area contributed by atoms with Crippen molar-refractivity contribution in [2.75, 3.05) is 19.6 Å². The smallest absolute Gasteiger partial charge is 0.320 e. The number of nitrogens with zero attached hydrogens (tertiary/aromatic N) is 2. The Morgan fingerprint density at radius 2 is 1.71 bits per heavy atom. The summed E-state index contributed by atoms with van der Waals surface area (Å²) in [5.74, 6) is 0.191.